The molecule has 8 nitrogen and oxygen atoms in total. The first-order valence-electron chi connectivity index (χ1n) is 8.78. The summed E-state index contributed by atoms with van der Waals surface area (Å²) in [7, 11) is -5.21. The second-order valence-corrected chi connectivity index (χ2v) is 9.63. The molecule has 2 N–H and O–H groups in total. The van der Waals surface area contributed by atoms with Crippen LogP contribution in [0.15, 0.2) is 76.5 Å². The first-order chi connectivity index (χ1) is 14.6. The molecule has 0 aliphatic carbocycles. The molecule has 31 heavy (non-hydrogen) atoms. The third-order valence-electron chi connectivity index (χ3n) is 4.19. The highest BCUT2D eigenvalue weighted by molar-refractivity contribution is 7.93. The van der Waals surface area contributed by atoms with Gasteiger partial charge in [0.15, 0.2) is 11.6 Å². The van der Waals surface area contributed by atoms with Gasteiger partial charge in [0, 0.05) is 11.4 Å². The monoisotopic (exact) mass is 466 g/mol. The zero-order valence-electron chi connectivity index (χ0n) is 16.5. The van der Waals surface area contributed by atoms with Crippen LogP contribution in [0.2, 0.25) is 0 Å². The Bertz CT molecular complexity index is 1280. The van der Waals surface area contributed by atoms with Crippen LogP contribution in [0.25, 0.3) is 0 Å². The van der Waals surface area contributed by atoms with E-state index < -0.39 is 25.9 Å². The van der Waals surface area contributed by atoms with Crippen molar-refractivity contribution < 1.29 is 30.7 Å². The first kappa shape index (κ1) is 22.4. The number of ether oxygens (including phenoxy) is 2. The van der Waals surface area contributed by atoms with Crippen molar-refractivity contribution in [2.75, 3.05) is 23.7 Å². The summed E-state index contributed by atoms with van der Waals surface area (Å²) in [5.74, 6) is -0.328. The zero-order chi connectivity index (χ0) is 22.6. The van der Waals surface area contributed by atoms with Crippen LogP contribution in [0.1, 0.15) is 0 Å². The Labute approximate surface area is 179 Å². The van der Waals surface area contributed by atoms with Gasteiger partial charge in [0.05, 0.1) is 24.0 Å². The molecule has 0 atom stereocenters. The molecule has 3 aromatic carbocycles. The van der Waals surface area contributed by atoms with Gasteiger partial charge >= 0.3 is 0 Å². The van der Waals surface area contributed by atoms with Crippen LogP contribution in [0, 0.1) is 5.82 Å². The molecule has 0 heterocycles. The maximum absolute atomic E-state index is 13.8. The number of hydrogen-bond acceptors (Lipinski definition) is 6. The van der Waals surface area contributed by atoms with Gasteiger partial charge in [-0.1, -0.05) is 0 Å². The van der Waals surface area contributed by atoms with Gasteiger partial charge in [-0.25, -0.2) is 21.2 Å². The van der Waals surface area contributed by atoms with Gasteiger partial charge < -0.3 is 9.47 Å². The second-order valence-electron chi connectivity index (χ2n) is 6.26. The van der Waals surface area contributed by atoms with Gasteiger partial charge in [-0.2, -0.15) is 0 Å². The summed E-state index contributed by atoms with van der Waals surface area (Å²) in [6, 6.07) is 14.6. The fourth-order valence-electron chi connectivity index (χ4n) is 2.60. The quantitative estimate of drug-likeness (QED) is 0.526. The fourth-order valence-corrected chi connectivity index (χ4v) is 4.73. The highest BCUT2D eigenvalue weighted by Crippen LogP contribution is 2.24. The third kappa shape index (κ3) is 5.25. The molecule has 3 aromatic rings. The lowest BCUT2D eigenvalue weighted by Crippen LogP contribution is -2.15. The van der Waals surface area contributed by atoms with E-state index in [4.69, 9.17) is 9.47 Å². The van der Waals surface area contributed by atoms with Crippen molar-refractivity contribution in [2.45, 2.75) is 9.79 Å². The van der Waals surface area contributed by atoms with E-state index in [1.54, 1.807) is 24.3 Å². The highest BCUT2D eigenvalue weighted by atomic mass is 32.2. The van der Waals surface area contributed by atoms with Crippen LogP contribution in [0.5, 0.6) is 11.5 Å². The number of nitrogens with one attached hydrogen (secondary N) is 2. The van der Waals surface area contributed by atoms with E-state index in [0.29, 0.717) is 11.4 Å². The molecule has 0 saturated carbocycles. The van der Waals surface area contributed by atoms with Crippen LogP contribution >= 0.6 is 0 Å². The van der Waals surface area contributed by atoms with Gasteiger partial charge in [-0.05, 0) is 66.7 Å². The Kier molecular flexibility index (Phi) is 6.37. The molecule has 0 aliphatic rings. The largest absolute Gasteiger partial charge is 0.497 e. The van der Waals surface area contributed by atoms with E-state index in [-0.39, 0.29) is 21.2 Å². The van der Waals surface area contributed by atoms with Gasteiger partial charge in [-0.3, -0.25) is 9.44 Å². The molecule has 0 aromatic heterocycles. The van der Waals surface area contributed by atoms with Crippen LogP contribution in [-0.2, 0) is 20.0 Å². The highest BCUT2D eigenvalue weighted by Gasteiger charge is 2.18. The van der Waals surface area contributed by atoms with E-state index in [1.165, 1.54) is 50.6 Å². The van der Waals surface area contributed by atoms with E-state index >= 15 is 0 Å². The third-order valence-corrected chi connectivity index (χ3v) is 6.97. The normalized spacial score (nSPS) is 11.6. The molecule has 0 unspecified atom stereocenters. The van der Waals surface area contributed by atoms with Crippen molar-refractivity contribution in [3.05, 3.63) is 72.5 Å². The molecule has 164 valence electrons. The lowest BCUT2D eigenvalue weighted by molar-refractivity contribution is 0.385. The summed E-state index contributed by atoms with van der Waals surface area (Å²) in [5.41, 5.74) is 0.451. The maximum atomic E-state index is 13.8. The summed E-state index contributed by atoms with van der Waals surface area (Å²) >= 11 is 0. The summed E-state index contributed by atoms with van der Waals surface area (Å²) in [6.07, 6.45) is 0. The minimum atomic E-state index is -4.09. The van der Waals surface area contributed by atoms with Gasteiger partial charge in [-0.15, -0.1) is 0 Å². The van der Waals surface area contributed by atoms with Crippen molar-refractivity contribution in [3.8, 4) is 11.5 Å². The maximum Gasteiger partial charge on any atom is 0.262 e. The smallest absolute Gasteiger partial charge is 0.262 e. The van der Waals surface area contributed by atoms with E-state index in [1.807, 2.05) is 0 Å². The predicted octanol–water partition coefficient (Wildman–Crippen LogP) is 3.44. The Morgan fingerprint density at radius 3 is 1.65 bits per heavy atom. The summed E-state index contributed by atoms with van der Waals surface area (Å²) in [4.78, 5) is -0.370. The number of sulfonamides is 2. The number of methoxy groups -OCH3 is 2. The number of rotatable bonds is 8. The number of hydrogen-bond donors (Lipinski definition) is 2. The Balaban J connectivity index is 1.76. The standard InChI is InChI=1S/C20H19FN2O6S2/c1-28-16-7-3-14(4-8-16)22-30(24,25)17-9-5-15(6-10-17)23-31(26,27)18-11-12-20(29-2)19(21)13-18/h3-13,22-23H,1-2H3. The zero-order valence-corrected chi connectivity index (χ0v) is 18.1. The molecular weight excluding hydrogens is 447 g/mol. The Morgan fingerprint density at radius 1 is 0.677 bits per heavy atom. The van der Waals surface area contributed by atoms with E-state index in [9.17, 15) is 21.2 Å². The first-order valence-corrected chi connectivity index (χ1v) is 11.7. The lowest BCUT2D eigenvalue weighted by atomic mass is 10.3. The minimum Gasteiger partial charge on any atom is -0.497 e. The summed E-state index contributed by atoms with van der Waals surface area (Å²) in [5, 5.41) is 0. The SMILES string of the molecule is COc1ccc(NS(=O)(=O)c2ccc(NS(=O)(=O)c3ccc(OC)c(F)c3)cc2)cc1. The molecular formula is C20H19FN2O6S2. The molecule has 0 fully saturated rings. The van der Waals surface area contributed by atoms with Crippen molar-refractivity contribution in [1.29, 1.82) is 0 Å². The molecule has 11 heteroatoms. The van der Waals surface area contributed by atoms with Crippen LogP contribution < -0.4 is 18.9 Å². The summed E-state index contributed by atoms with van der Waals surface area (Å²) < 4.78 is 78.3. The van der Waals surface area contributed by atoms with Crippen LogP contribution in [0.4, 0.5) is 15.8 Å². The van der Waals surface area contributed by atoms with Crippen molar-refractivity contribution >= 4 is 31.4 Å². The van der Waals surface area contributed by atoms with Gasteiger partial charge in [0.2, 0.25) is 0 Å². The average Bonchev–Trinajstić information content (AvgIpc) is 2.74. The lowest BCUT2D eigenvalue weighted by Gasteiger charge is -2.11. The Morgan fingerprint density at radius 2 is 1.16 bits per heavy atom. The molecule has 3 rings (SSSR count). The molecule has 0 amide bonds. The molecule has 0 radical (unpaired) electrons. The second kappa shape index (κ2) is 8.82. The minimum absolute atomic E-state index is 0.0678. The number of benzene rings is 3. The van der Waals surface area contributed by atoms with Crippen LogP contribution in [-0.4, -0.2) is 31.1 Å². The van der Waals surface area contributed by atoms with E-state index in [0.717, 1.165) is 6.07 Å². The molecule has 0 spiro atoms. The van der Waals surface area contributed by atoms with Gasteiger partial charge in [0.25, 0.3) is 20.0 Å². The fraction of sp³-hybridized carbons (Fsp3) is 0.100. The molecule has 0 saturated heterocycles. The average molecular weight is 467 g/mol. The number of anilines is 2. The van der Waals surface area contributed by atoms with Crippen molar-refractivity contribution in [2.24, 2.45) is 0 Å². The van der Waals surface area contributed by atoms with Crippen LogP contribution in [0.3, 0.4) is 0 Å². The number of halogens is 1. The predicted molar refractivity (Wildman–Crippen MR) is 114 cm³/mol. The van der Waals surface area contributed by atoms with E-state index in [2.05, 4.69) is 9.44 Å². The van der Waals surface area contributed by atoms with Crippen molar-refractivity contribution in [3.63, 3.8) is 0 Å². The Hall–Kier alpha value is -3.31. The summed E-state index contributed by atoms with van der Waals surface area (Å²) in [6.45, 7) is 0. The van der Waals surface area contributed by atoms with Gasteiger partial charge in [0.1, 0.15) is 5.75 Å². The molecule has 0 bridgehead atoms. The van der Waals surface area contributed by atoms with Crippen molar-refractivity contribution in [1.82, 2.24) is 0 Å². The molecule has 0 aliphatic heterocycles. The topological polar surface area (TPSA) is 111 Å².